The van der Waals surface area contributed by atoms with Crippen molar-refractivity contribution in [2.45, 2.75) is 25.9 Å². The molecule has 27 heavy (non-hydrogen) atoms. The van der Waals surface area contributed by atoms with Crippen LogP contribution in [-0.4, -0.2) is 44.8 Å². The standard InChI is InChI=1S/C21H26O6/c1-21(2,23)12-15-10-16(25-4)7-9-17(15)18-8-6-14(20(22)26-5)11-19(18)27-13-24-3/h6-11,23H,12-13H2,1-5H3. The van der Waals surface area contributed by atoms with Gasteiger partial charge in [-0.2, -0.15) is 0 Å². The molecular weight excluding hydrogens is 348 g/mol. The highest BCUT2D eigenvalue weighted by molar-refractivity contribution is 5.91. The molecule has 6 heteroatoms. The van der Waals surface area contributed by atoms with Crippen molar-refractivity contribution in [2.75, 3.05) is 28.1 Å². The summed E-state index contributed by atoms with van der Waals surface area (Å²) < 4.78 is 20.8. The van der Waals surface area contributed by atoms with Crippen LogP contribution in [-0.2, 0) is 15.9 Å². The zero-order valence-electron chi connectivity index (χ0n) is 16.4. The lowest BCUT2D eigenvalue weighted by molar-refractivity contribution is 0.0507. The highest BCUT2D eigenvalue weighted by atomic mass is 16.7. The Bertz CT molecular complexity index is 792. The lowest BCUT2D eigenvalue weighted by Gasteiger charge is -2.21. The maximum absolute atomic E-state index is 11.9. The Hall–Kier alpha value is -2.57. The maximum atomic E-state index is 11.9. The fourth-order valence-corrected chi connectivity index (χ4v) is 2.80. The van der Waals surface area contributed by atoms with Crippen molar-refractivity contribution in [1.29, 1.82) is 0 Å². The van der Waals surface area contributed by atoms with Crippen LogP contribution in [0.1, 0.15) is 29.8 Å². The molecule has 1 N–H and O–H groups in total. The highest BCUT2D eigenvalue weighted by Gasteiger charge is 2.20. The summed E-state index contributed by atoms with van der Waals surface area (Å²) in [6, 6.07) is 10.7. The second-order valence-electron chi connectivity index (χ2n) is 6.77. The molecule has 0 aliphatic heterocycles. The van der Waals surface area contributed by atoms with Crippen molar-refractivity contribution < 1.29 is 28.8 Å². The quantitative estimate of drug-likeness (QED) is 0.564. The van der Waals surface area contributed by atoms with Crippen LogP contribution in [0.3, 0.4) is 0 Å². The van der Waals surface area contributed by atoms with E-state index < -0.39 is 11.6 Å². The molecule has 2 aromatic carbocycles. The third-order valence-electron chi connectivity index (χ3n) is 3.96. The Morgan fingerprint density at radius 2 is 1.74 bits per heavy atom. The number of hydrogen-bond acceptors (Lipinski definition) is 6. The normalized spacial score (nSPS) is 11.2. The van der Waals surface area contributed by atoms with E-state index in [9.17, 15) is 9.90 Å². The van der Waals surface area contributed by atoms with Gasteiger partial charge in [0.25, 0.3) is 0 Å². The van der Waals surface area contributed by atoms with Gasteiger partial charge in [-0.3, -0.25) is 0 Å². The predicted molar refractivity (Wildman–Crippen MR) is 102 cm³/mol. The number of methoxy groups -OCH3 is 3. The van der Waals surface area contributed by atoms with E-state index in [4.69, 9.17) is 18.9 Å². The van der Waals surface area contributed by atoms with Crippen molar-refractivity contribution >= 4 is 5.97 Å². The Labute approximate surface area is 159 Å². The van der Waals surface area contributed by atoms with Crippen LogP contribution in [0.25, 0.3) is 11.1 Å². The smallest absolute Gasteiger partial charge is 0.337 e. The predicted octanol–water partition coefficient (Wildman–Crippen LogP) is 3.44. The maximum Gasteiger partial charge on any atom is 0.337 e. The zero-order valence-corrected chi connectivity index (χ0v) is 16.4. The van der Waals surface area contributed by atoms with E-state index in [1.165, 1.54) is 14.2 Å². The summed E-state index contributed by atoms with van der Waals surface area (Å²) in [4.78, 5) is 11.9. The number of rotatable bonds is 8. The van der Waals surface area contributed by atoms with E-state index in [1.54, 1.807) is 39.2 Å². The molecule has 146 valence electrons. The van der Waals surface area contributed by atoms with Gasteiger partial charge in [-0.15, -0.1) is 0 Å². The summed E-state index contributed by atoms with van der Waals surface area (Å²) in [7, 11) is 4.45. The molecule has 2 rings (SSSR count). The van der Waals surface area contributed by atoms with Gasteiger partial charge in [0.1, 0.15) is 11.5 Å². The molecule has 0 saturated carbocycles. The average molecular weight is 374 g/mol. The zero-order chi connectivity index (χ0) is 20.0. The summed E-state index contributed by atoms with van der Waals surface area (Å²) in [6.07, 6.45) is 0.419. The lowest BCUT2D eigenvalue weighted by atomic mass is 9.90. The molecule has 0 bridgehead atoms. The van der Waals surface area contributed by atoms with E-state index in [2.05, 4.69) is 0 Å². The van der Waals surface area contributed by atoms with Crippen molar-refractivity contribution in [3.05, 3.63) is 47.5 Å². The number of hydrogen-bond donors (Lipinski definition) is 1. The van der Waals surface area contributed by atoms with E-state index in [0.29, 0.717) is 23.5 Å². The molecule has 0 amide bonds. The number of carbonyl (C=O) groups is 1. The minimum atomic E-state index is -0.902. The van der Waals surface area contributed by atoms with Crippen molar-refractivity contribution in [1.82, 2.24) is 0 Å². The summed E-state index contributed by atoms with van der Waals surface area (Å²) >= 11 is 0. The minimum absolute atomic E-state index is 0.0363. The van der Waals surface area contributed by atoms with Crippen molar-refractivity contribution in [3.63, 3.8) is 0 Å². The van der Waals surface area contributed by atoms with Gasteiger partial charge in [0.05, 0.1) is 25.4 Å². The summed E-state index contributed by atoms with van der Waals surface area (Å²) in [6.45, 7) is 3.53. The van der Waals surface area contributed by atoms with E-state index in [0.717, 1.165) is 16.7 Å². The van der Waals surface area contributed by atoms with Crippen LogP contribution >= 0.6 is 0 Å². The SMILES string of the molecule is COCOc1cc(C(=O)OC)ccc1-c1ccc(OC)cc1CC(C)(C)O. The van der Waals surface area contributed by atoms with Gasteiger partial charge in [-0.25, -0.2) is 4.79 Å². The molecule has 0 aliphatic rings. The summed E-state index contributed by atoms with van der Waals surface area (Å²) in [5.41, 5.74) is 2.03. The number of aliphatic hydroxyl groups is 1. The molecule has 0 aliphatic carbocycles. The summed E-state index contributed by atoms with van der Waals surface area (Å²) in [5, 5.41) is 10.3. The number of esters is 1. The number of ether oxygens (including phenoxy) is 4. The molecule has 0 radical (unpaired) electrons. The number of carbonyl (C=O) groups excluding carboxylic acids is 1. The Balaban J connectivity index is 2.59. The Kier molecular flexibility index (Phi) is 6.82. The van der Waals surface area contributed by atoms with Crippen LogP contribution in [0.2, 0.25) is 0 Å². The largest absolute Gasteiger partial charge is 0.497 e. The number of benzene rings is 2. The lowest BCUT2D eigenvalue weighted by Crippen LogP contribution is -2.22. The van der Waals surface area contributed by atoms with Gasteiger partial charge < -0.3 is 24.1 Å². The molecule has 2 aromatic rings. The first-order valence-corrected chi connectivity index (χ1v) is 8.53. The van der Waals surface area contributed by atoms with Crippen molar-refractivity contribution in [3.8, 4) is 22.6 Å². The Morgan fingerprint density at radius 1 is 1.04 bits per heavy atom. The highest BCUT2D eigenvalue weighted by Crippen LogP contribution is 2.36. The third-order valence-corrected chi connectivity index (χ3v) is 3.96. The molecule has 0 atom stereocenters. The summed E-state index contributed by atoms with van der Waals surface area (Å²) in [5.74, 6) is 0.737. The monoisotopic (exact) mass is 374 g/mol. The Morgan fingerprint density at radius 3 is 2.33 bits per heavy atom. The molecule has 0 heterocycles. The van der Waals surface area contributed by atoms with Crippen LogP contribution in [0.5, 0.6) is 11.5 Å². The topological polar surface area (TPSA) is 74.2 Å². The van der Waals surface area contributed by atoms with Gasteiger partial charge in [-0.05, 0) is 55.3 Å². The molecule has 0 saturated heterocycles. The second-order valence-corrected chi connectivity index (χ2v) is 6.77. The fraction of sp³-hybridized carbons (Fsp3) is 0.381. The minimum Gasteiger partial charge on any atom is -0.497 e. The molecule has 0 fully saturated rings. The van der Waals surface area contributed by atoms with Gasteiger partial charge in [0, 0.05) is 19.1 Å². The van der Waals surface area contributed by atoms with Crippen LogP contribution < -0.4 is 9.47 Å². The molecule has 6 nitrogen and oxygen atoms in total. The molecule has 0 spiro atoms. The molecular formula is C21H26O6. The van der Waals surface area contributed by atoms with Crippen LogP contribution in [0, 0.1) is 0 Å². The first-order valence-electron chi connectivity index (χ1n) is 8.53. The van der Waals surface area contributed by atoms with Gasteiger partial charge in [0.15, 0.2) is 6.79 Å². The van der Waals surface area contributed by atoms with Gasteiger partial charge >= 0.3 is 5.97 Å². The van der Waals surface area contributed by atoms with E-state index in [1.807, 2.05) is 18.2 Å². The fourth-order valence-electron chi connectivity index (χ4n) is 2.80. The first kappa shape index (κ1) is 20.7. The second kappa shape index (κ2) is 8.88. The van der Waals surface area contributed by atoms with Gasteiger partial charge in [0.2, 0.25) is 0 Å². The van der Waals surface area contributed by atoms with Crippen LogP contribution in [0.15, 0.2) is 36.4 Å². The van der Waals surface area contributed by atoms with Crippen molar-refractivity contribution in [2.24, 2.45) is 0 Å². The van der Waals surface area contributed by atoms with Crippen LogP contribution in [0.4, 0.5) is 0 Å². The average Bonchev–Trinajstić information content (AvgIpc) is 2.64. The van der Waals surface area contributed by atoms with E-state index >= 15 is 0 Å². The molecule has 0 aromatic heterocycles. The third kappa shape index (κ3) is 5.45. The molecule has 0 unspecified atom stereocenters. The van der Waals surface area contributed by atoms with E-state index in [-0.39, 0.29) is 6.79 Å². The van der Waals surface area contributed by atoms with Gasteiger partial charge in [-0.1, -0.05) is 6.07 Å². The first-order chi connectivity index (χ1) is 12.8.